The van der Waals surface area contributed by atoms with Gasteiger partial charge in [0.05, 0.1) is 22.7 Å². The van der Waals surface area contributed by atoms with Gasteiger partial charge in [0.1, 0.15) is 22.0 Å². The van der Waals surface area contributed by atoms with Crippen LogP contribution in [0.4, 0.5) is 0 Å². The Labute approximate surface area is 205 Å². The minimum absolute atomic E-state index is 0.505. The summed E-state index contributed by atoms with van der Waals surface area (Å²) in [6, 6.07) is 17.2. The smallest absolute Gasteiger partial charge is 0.277 e. The molecule has 1 radical (unpaired) electrons. The van der Waals surface area contributed by atoms with Crippen LogP contribution in [0.3, 0.4) is 0 Å². The second-order valence-electron chi connectivity index (χ2n) is 7.45. The quantitative estimate of drug-likeness (QED) is 0.290. The molecule has 4 nitrogen and oxygen atoms in total. The molecule has 3 heterocycles. The number of benzene rings is 2. The second-order valence-corrected chi connectivity index (χ2v) is 12.0. The maximum atomic E-state index is 4.50. The van der Waals surface area contributed by atoms with E-state index >= 15 is 0 Å². The number of amidine groups is 1. The number of hydrazone groups is 1. The van der Waals surface area contributed by atoms with Gasteiger partial charge in [0.2, 0.25) is 0 Å². The Bertz CT molecular complexity index is 1150. The predicted octanol–water partition coefficient (Wildman–Crippen LogP) is 6.75. The average Bonchev–Trinajstić information content (AvgIpc) is 3.50. The zero-order valence-corrected chi connectivity index (χ0v) is 21.0. The van der Waals surface area contributed by atoms with Crippen LogP contribution in [-0.2, 0) is 0 Å². The third kappa shape index (κ3) is 5.10. The summed E-state index contributed by atoms with van der Waals surface area (Å²) >= 11 is 7.57. The highest BCUT2D eigenvalue weighted by Gasteiger charge is 2.28. The summed E-state index contributed by atoms with van der Waals surface area (Å²) in [7, 11) is 3.91. The minimum atomic E-state index is 0.505. The fraction of sp³-hybridized carbons (Fsp3) is 0.167. The van der Waals surface area contributed by atoms with E-state index in [1.807, 2.05) is 70.3 Å². The number of thioether (sulfide) groups is 2. The SMILES string of the molecule is CN1CN(C)N=C(c2ccc(/C=C\c3ccc(C4=CSC(c5scc[s+]5)S4)cc3)cc2)[N]1. The predicted molar refractivity (Wildman–Crippen MR) is 143 cm³/mol. The van der Waals surface area contributed by atoms with Crippen LogP contribution in [0.15, 0.2) is 69.8 Å². The molecular formula is C24H22N4S4+. The van der Waals surface area contributed by atoms with Crippen molar-refractivity contribution < 1.29 is 0 Å². The van der Waals surface area contributed by atoms with Gasteiger partial charge in [-0.3, -0.25) is 5.01 Å². The van der Waals surface area contributed by atoms with Crippen molar-refractivity contribution in [3.8, 4) is 0 Å². The summed E-state index contributed by atoms with van der Waals surface area (Å²) in [4.78, 5) is 1.36. The third-order valence-electron chi connectivity index (χ3n) is 4.92. The highest BCUT2D eigenvalue weighted by Crippen LogP contribution is 2.56. The number of rotatable bonds is 5. The normalized spacial score (nSPS) is 19.2. The Balaban J connectivity index is 1.22. The molecule has 1 atom stereocenters. The van der Waals surface area contributed by atoms with Gasteiger partial charge in [-0.05, 0) is 22.1 Å². The molecule has 0 amide bonds. The van der Waals surface area contributed by atoms with E-state index in [0.29, 0.717) is 11.3 Å². The number of hydrogen-bond donors (Lipinski definition) is 0. The van der Waals surface area contributed by atoms with E-state index < -0.39 is 0 Å². The lowest BCUT2D eigenvalue weighted by atomic mass is 10.1. The van der Waals surface area contributed by atoms with E-state index in [1.165, 1.54) is 20.2 Å². The molecule has 2 aromatic carbocycles. The maximum Gasteiger partial charge on any atom is 0.277 e. The molecular weight excluding hydrogens is 473 g/mol. The van der Waals surface area contributed by atoms with E-state index in [2.05, 4.69) is 87.4 Å². The zero-order valence-electron chi connectivity index (χ0n) is 17.7. The van der Waals surface area contributed by atoms with E-state index in [4.69, 9.17) is 0 Å². The van der Waals surface area contributed by atoms with Crippen LogP contribution in [0.5, 0.6) is 0 Å². The molecule has 32 heavy (non-hydrogen) atoms. The Morgan fingerprint density at radius 2 is 1.62 bits per heavy atom. The molecule has 0 spiro atoms. The zero-order chi connectivity index (χ0) is 21.9. The maximum absolute atomic E-state index is 4.50. The number of hydrogen-bond acceptors (Lipinski definition) is 6. The van der Waals surface area contributed by atoms with Crippen LogP contribution in [0.1, 0.15) is 31.0 Å². The Hall–Kier alpha value is -2.10. The van der Waals surface area contributed by atoms with Crippen molar-refractivity contribution in [2.45, 2.75) is 4.58 Å². The fourth-order valence-corrected chi connectivity index (χ4v) is 8.34. The van der Waals surface area contributed by atoms with Crippen molar-refractivity contribution in [2.75, 3.05) is 20.8 Å². The van der Waals surface area contributed by atoms with Gasteiger partial charge in [-0.15, -0.1) is 11.8 Å². The molecule has 1 unspecified atom stereocenters. The lowest BCUT2D eigenvalue weighted by Crippen LogP contribution is -2.44. The largest absolute Gasteiger partial charge is 0.282 e. The Morgan fingerprint density at radius 1 is 0.938 bits per heavy atom. The van der Waals surface area contributed by atoms with Crippen molar-refractivity contribution in [3.63, 3.8) is 0 Å². The summed E-state index contributed by atoms with van der Waals surface area (Å²) in [6.45, 7) is 0.702. The van der Waals surface area contributed by atoms with Crippen LogP contribution < -0.4 is 5.43 Å². The highest BCUT2D eigenvalue weighted by molar-refractivity contribution is 8.25. The third-order valence-corrected chi connectivity index (χ3v) is 10.4. The molecule has 0 N–H and O–H groups in total. The second kappa shape index (κ2) is 9.80. The van der Waals surface area contributed by atoms with Crippen molar-refractivity contribution in [2.24, 2.45) is 5.10 Å². The molecule has 3 aromatic rings. The van der Waals surface area contributed by atoms with Crippen molar-refractivity contribution >= 4 is 69.1 Å². The standard InChI is InChI=1S/C24H22N4S4/c1-27-16-28(2)26-22(25-27)20-11-7-18(8-12-20)4-3-17-5-9-19(10-6-17)21-15-31-24(32-21)23-29-13-14-30-23/h3-15,24H,16H2,1-2H3/q+1/b4-3-. The molecule has 0 saturated heterocycles. The van der Waals surface area contributed by atoms with Gasteiger partial charge in [0.25, 0.3) is 4.19 Å². The van der Waals surface area contributed by atoms with Crippen LogP contribution in [0, 0.1) is 0 Å². The molecule has 161 valence electrons. The fourth-order valence-electron chi connectivity index (χ4n) is 3.38. The van der Waals surface area contributed by atoms with Gasteiger partial charge < -0.3 is 0 Å². The minimum Gasteiger partial charge on any atom is -0.282 e. The molecule has 1 aromatic heterocycles. The van der Waals surface area contributed by atoms with E-state index in [1.54, 1.807) is 0 Å². The molecule has 0 aliphatic carbocycles. The summed E-state index contributed by atoms with van der Waals surface area (Å²) in [5.74, 6) is 0.742. The highest BCUT2D eigenvalue weighted by atomic mass is 32.2. The van der Waals surface area contributed by atoms with Gasteiger partial charge >= 0.3 is 0 Å². The Kier molecular flexibility index (Phi) is 6.66. The first-order valence-corrected chi connectivity index (χ1v) is 13.7. The summed E-state index contributed by atoms with van der Waals surface area (Å²) in [6.07, 6.45) is 4.30. The van der Waals surface area contributed by atoms with Gasteiger partial charge in [0, 0.05) is 24.6 Å². The van der Waals surface area contributed by atoms with Crippen LogP contribution >= 0.6 is 46.2 Å². The molecule has 2 aliphatic heterocycles. The first-order valence-electron chi connectivity index (χ1n) is 10.1. The van der Waals surface area contributed by atoms with Crippen molar-refractivity contribution in [1.29, 1.82) is 0 Å². The molecule has 5 rings (SSSR count). The molecule has 0 fully saturated rings. The van der Waals surface area contributed by atoms with Crippen LogP contribution in [-0.4, -0.2) is 36.6 Å². The van der Waals surface area contributed by atoms with Crippen molar-refractivity contribution in [3.05, 3.63) is 91.1 Å². The summed E-state index contributed by atoms with van der Waals surface area (Å²) in [5.41, 5.74) is 9.16. The van der Waals surface area contributed by atoms with Crippen molar-refractivity contribution in [1.82, 2.24) is 15.4 Å². The summed E-state index contributed by atoms with van der Waals surface area (Å²) in [5, 5.41) is 14.9. The topological polar surface area (TPSA) is 32.9 Å². The van der Waals surface area contributed by atoms with Crippen LogP contribution in [0.2, 0.25) is 0 Å². The monoisotopic (exact) mass is 494 g/mol. The molecule has 0 bridgehead atoms. The van der Waals surface area contributed by atoms with Gasteiger partial charge in [-0.2, -0.15) is 15.5 Å². The first-order chi connectivity index (χ1) is 15.6. The Morgan fingerprint density at radius 3 is 2.25 bits per heavy atom. The number of nitrogens with zero attached hydrogens (tertiary/aromatic N) is 4. The summed E-state index contributed by atoms with van der Waals surface area (Å²) < 4.78 is 1.98. The first kappa shape index (κ1) is 21.7. The van der Waals surface area contributed by atoms with E-state index in [0.717, 1.165) is 17.0 Å². The average molecular weight is 495 g/mol. The molecule has 2 aliphatic rings. The van der Waals surface area contributed by atoms with Gasteiger partial charge in [0.15, 0.2) is 5.84 Å². The van der Waals surface area contributed by atoms with Gasteiger partial charge in [-0.1, -0.05) is 72.4 Å². The van der Waals surface area contributed by atoms with E-state index in [-0.39, 0.29) is 0 Å². The lowest BCUT2D eigenvalue weighted by molar-refractivity contribution is 0.137. The molecule has 0 saturated carbocycles. The van der Waals surface area contributed by atoms with Gasteiger partial charge in [-0.25, -0.2) is 0 Å². The lowest BCUT2D eigenvalue weighted by Gasteiger charge is -2.27. The van der Waals surface area contributed by atoms with Crippen LogP contribution in [0.25, 0.3) is 17.1 Å². The molecule has 8 heteroatoms. The van der Waals surface area contributed by atoms with E-state index in [9.17, 15) is 0 Å².